The predicted octanol–water partition coefficient (Wildman–Crippen LogP) is 2.16. The smallest absolute Gasteiger partial charge is 0.227 e. The van der Waals surface area contributed by atoms with E-state index >= 15 is 0 Å². The van der Waals surface area contributed by atoms with Crippen LogP contribution >= 0.6 is 0 Å². The molecule has 0 unspecified atom stereocenters. The van der Waals surface area contributed by atoms with E-state index in [1.807, 2.05) is 18.2 Å². The molecule has 0 aliphatic heterocycles. The van der Waals surface area contributed by atoms with Gasteiger partial charge in [0.15, 0.2) is 12.0 Å². The molecule has 0 saturated heterocycles. The summed E-state index contributed by atoms with van der Waals surface area (Å²) in [5.41, 5.74) is 0.780. The van der Waals surface area contributed by atoms with Gasteiger partial charge in [0.25, 0.3) is 0 Å². The molecular weight excluding hydrogens is 194 g/mol. The fourth-order valence-corrected chi connectivity index (χ4v) is 1.23. The number of aldehydes is 1. The van der Waals surface area contributed by atoms with E-state index < -0.39 is 0 Å². The number of rotatable bonds is 3. The second-order valence-electron chi connectivity index (χ2n) is 2.92. The fraction of sp³-hybridized carbons (Fsp3) is 0.0909. The lowest BCUT2D eigenvalue weighted by atomic mass is 10.2. The molecule has 15 heavy (non-hydrogen) atoms. The predicted molar refractivity (Wildman–Crippen MR) is 53.9 cm³/mol. The molecule has 1 heterocycles. The second kappa shape index (κ2) is 3.96. The van der Waals surface area contributed by atoms with Crippen molar-refractivity contribution in [2.75, 3.05) is 7.11 Å². The van der Waals surface area contributed by atoms with Gasteiger partial charge >= 0.3 is 0 Å². The molecule has 0 saturated carbocycles. The Morgan fingerprint density at radius 2 is 2.33 bits per heavy atom. The highest BCUT2D eigenvalue weighted by molar-refractivity contribution is 5.71. The number of hydrogen-bond acceptors (Lipinski definition) is 4. The van der Waals surface area contributed by atoms with E-state index in [0.29, 0.717) is 12.2 Å². The Labute approximate surface area is 86.5 Å². The molecule has 0 aliphatic carbocycles. The highest BCUT2D eigenvalue weighted by Gasteiger charge is 2.06. The summed E-state index contributed by atoms with van der Waals surface area (Å²) in [4.78, 5) is 14.4. The average molecular weight is 203 g/mol. The zero-order chi connectivity index (χ0) is 10.7. The minimum atomic E-state index is 0.216. The molecule has 0 amide bonds. The molecule has 0 fully saturated rings. The van der Waals surface area contributed by atoms with Crippen LogP contribution in [0.5, 0.6) is 5.75 Å². The third-order valence-corrected chi connectivity index (χ3v) is 1.96. The van der Waals surface area contributed by atoms with Gasteiger partial charge in [-0.1, -0.05) is 6.07 Å². The maximum absolute atomic E-state index is 10.4. The highest BCUT2D eigenvalue weighted by atomic mass is 16.5. The molecule has 4 nitrogen and oxygen atoms in total. The third-order valence-electron chi connectivity index (χ3n) is 1.96. The number of nitrogens with zero attached hydrogens (tertiary/aromatic N) is 1. The van der Waals surface area contributed by atoms with Crippen LogP contribution in [-0.4, -0.2) is 18.4 Å². The lowest BCUT2D eigenvalue weighted by molar-refractivity contribution is 0.110. The lowest BCUT2D eigenvalue weighted by Gasteiger charge is -2.00. The summed E-state index contributed by atoms with van der Waals surface area (Å²) in [5, 5.41) is 0. The first-order valence-corrected chi connectivity index (χ1v) is 4.39. The Hall–Kier alpha value is -2.10. The molecule has 0 bridgehead atoms. The summed E-state index contributed by atoms with van der Waals surface area (Å²) in [6, 6.07) is 7.29. The van der Waals surface area contributed by atoms with Crippen molar-refractivity contribution in [3.8, 4) is 17.2 Å². The van der Waals surface area contributed by atoms with Crippen molar-refractivity contribution in [3.63, 3.8) is 0 Å². The van der Waals surface area contributed by atoms with E-state index in [-0.39, 0.29) is 5.76 Å². The normalized spacial score (nSPS) is 9.93. The fourth-order valence-electron chi connectivity index (χ4n) is 1.23. The minimum absolute atomic E-state index is 0.216. The van der Waals surface area contributed by atoms with Crippen molar-refractivity contribution in [2.24, 2.45) is 0 Å². The van der Waals surface area contributed by atoms with Crippen LogP contribution in [0.15, 0.2) is 34.9 Å². The number of methoxy groups -OCH3 is 1. The third kappa shape index (κ3) is 1.88. The standard InChI is InChI=1S/C11H9NO3/c1-14-9-4-2-3-8(5-9)11-12-6-10(7-13)15-11/h2-7H,1H3. The van der Waals surface area contributed by atoms with Gasteiger partial charge in [-0.3, -0.25) is 4.79 Å². The van der Waals surface area contributed by atoms with Crippen molar-refractivity contribution in [2.45, 2.75) is 0 Å². The van der Waals surface area contributed by atoms with Crippen LogP contribution < -0.4 is 4.74 Å². The molecule has 2 aromatic rings. The molecule has 0 atom stereocenters. The molecule has 1 aromatic carbocycles. The van der Waals surface area contributed by atoms with Crippen LogP contribution in [-0.2, 0) is 0 Å². The Morgan fingerprint density at radius 1 is 1.47 bits per heavy atom. The maximum atomic E-state index is 10.4. The monoisotopic (exact) mass is 203 g/mol. The van der Waals surface area contributed by atoms with Crippen LogP contribution in [0.3, 0.4) is 0 Å². The van der Waals surface area contributed by atoms with E-state index in [9.17, 15) is 4.79 Å². The van der Waals surface area contributed by atoms with Gasteiger partial charge < -0.3 is 9.15 Å². The zero-order valence-corrected chi connectivity index (χ0v) is 8.14. The molecule has 4 heteroatoms. The molecule has 0 aliphatic rings. The molecule has 76 valence electrons. The summed E-state index contributed by atoms with van der Waals surface area (Å²) in [6.07, 6.45) is 2.01. The number of oxazole rings is 1. The Kier molecular flexibility index (Phi) is 2.49. The van der Waals surface area contributed by atoms with Gasteiger partial charge in [-0.25, -0.2) is 4.98 Å². The number of carbonyl (C=O) groups excluding carboxylic acids is 1. The zero-order valence-electron chi connectivity index (χ0n) is 8.14. The van der Waals surface area contributed by atoms with E-state index in [2.05, 4.69) is 4.98 Å². The van der Waals surface area contributed by atoms with E-state index in [4.69, 9.17) is 9.15 Å². The molecular formula is C11H9NO3. The molecule has 2 rings (SSSR count). The van der Waals surface area contributed by atoms with Crippen LogP contribution in [0.2, 0.25) is 0 Å². The quantitative estimate of drug-likeness (QED) is 0.717. The van der Waals surface area contributed by atoms with Crippen molar-refractivity contribution in [3.05, 3.63) is 36.2 Å². The van der Waals surface area contributed by atoms with Gasteiger partial charge in [0.05, 0.1) is 13.3 Å². The number of aromatic nitrogens is 1. The summed E-state index contributed by atoms with van der Waals surface area (Å²) in [7, 11) is 1.59. The summed E-state index contributed by atoms with van der Waals surface area (Å²) >= 11 is 0. The first kappa shape index (κ1) is 9.45. The number of benzene rings is 1. The van der Waals surface area contributed by atoms with Crippen LogP contribution in [0.25, 0.3) is 11.5 Å². The molecule has 1 aromatic heterocycles. The van der Waals surface area contributed by atoms with Gasteiger partial charge in [-0.2, -0.15) is 0 Å². The SMILES string of the molecule is COc1cccc(-c2ncc(C=O)o2)c1. The molecule has 0 N–H and O–H groups in total. The van der Waals surface area contributed by atoms with Crippen molar-refractivity contribution in [1.29, 1.82) is 0 Å². The summed E-state index contributed by atoms with van der Waals surface area (Å²) in [6.45, 7) is 0. The van der Waals surface area contributed by atoms with E-state index in [0.717, 1.165) is 11.3 Å². The Morgan fingerprint density at radius 3 is 3.00 bits per heavy atom. The molecule has 0 radical (unpaired) electrons. The largest absolute Gasteiger partial charge is 0.497 e. The van der Waals surface area contributed by atoms with Crippen LogP contribution in [0.4, 0.5) is 0 Å². The Bertz CT molecular complexity index is 476. The van der Waals surface area contributed by atoms with Gasteiger partial charge in [0, 0.05) is 5.56 Å². The topological polar surface area (TPSA) is 52.3 Å². The first-order chi connectivity index (χ1) is 7.33. The number of carbonyl (C=O) groups is 1. The highest BCUT2D eigenvalue weighted by Crippen LogP contribution is 2.22. The van der Waals surface area contributed by atoms with Crippen molar-refractivity contribution < 1.29 is 13.9 Å². The lowest BCUT2D eigenvalue weighted by Crippen LogP contribution is -1.83. The maximum Gasteiger partial charge on any atom is 0.227 e. The van der Waals surface area contributed by atoms with Gasteiger partial charge in [0.2, 0.25) is 5.89 Å². The Balaban J connectivity index is 2.39. The molecule has 0 spiro atoms. The average Bonchev–Trinajstić information content (AvgIpc) is 2.78. The van der Waals surface area contributed by atoms with Crippen molar-refractivity contribution >= 4 is 6.29 Å². The number of hydrogen-bond donors (Lipinski definition) is 0. The van der Waals surface area contributed by atoms with Gasteiger partial charge in [-0.15, -0.1) is 0 Å². The second-order valence-corrected chi connectivity index (χ2v) is 2.92. The summed E-state index contributed by atoms with van der Waals surface area (Å²) < 4.78 is 10.3. The van der Waals surface area contributed by atoms with Gasteiger partial charge in [-0.05, 0) is 18.2 Å². The van der Waals surface area contributed by atoms with Crippen molar-refractivity contribution in [1.82, 2.24) is 4.98 Å². The van der Waals surface area contributed by atoms with Gasteiger partial charge in [0.1, 0.15) is 5.75 Å². The van der Waals surface area contributed by atoms with E-state index in [1.54, 1.807) is 13.2 Å². The van der Waals surface area contributed by atoms with Crippen LogP contribution in [0, 0.1) is 0 Å². The minimum Gasteiger partial charge on any atom is -0.497 e. The summed E-state index contributed by atoms with van der Waals surface area (Å²) in [5.74, 6) is 1.35. The first-order valence-electron chi connectivity index (χ1n) is 4.39. The van der Waals surface area contributed by atoms with Crippen LogP contribution in [0.1, 0.15) is 10.6 Å². The van der Waals surface area contributed by atoms with E-state index in [1.165, 1.54) is 6.20 Å². The number of ether oxygens (including phenoxy) is 1.